The Morgan fingerprint density at radius 3 is 2.48 bits per heavy atom. The Balaban J connectivity index is 1.61. The molecule has 0 aromatic heterocycles. The van der Waals surface area contributed by atoms with Crippen LogP contribution in [0, 0.1) is 0 Å². The van der Waals surface area contributed by atoms with E-state index >= 15 is 0 Å². The molecule has 0 saturated carbocycles. The topological polar surface area (TPSA) is 82.2 Å². The van der Waals surface area contributed by atoms with E-state index in [1.807, 2.05) is 19.9 Å². The van der Waals surface area contributed by atoms with Crippen molar-refractivity contribution in [2.45, 2.75) is 45.1 Å². The molecule has 1 N–H and O–H groups in total. The van der Waals surface area contributed by atoms with Crippen molar-refractivity contribution in [2.75, 3.05) is 26.7 Å². The molecule has 9 heteroatoms. The number of benzene rings is 1. The van der Waals surface area contributed by atoms with Crippen LogP contribution >= 0.6 is 11.6 Å². The van der Waals surface area contributed by atoms with Gasteiger partial charge in [-0.2, -0.15) is 0 Å². The molecule has 4 atom stereocenters. The van der Waals surface area contributed by atoms with E-state index < -0.39 is 12.1 Å². The van der Waals surface area contributed by atoms with Crippen molar-refractivity contribution in [1.29, 1.82) is 0 Å². The average molecular weight is 447 g/mol. The molecule has 0 bridgehead atoms. The Morgan fingerprint density at radius 2 is 1.84 bits per heavy atom. The first-order valence-corrected chi connectivity index (χ1v) is 10.8. The van der Waals surface area contributed by atoms with Gasteiger partial charge in [-0.3, -0.25) is 14.5 Å². The molecule has 166 valence electrons. The zero-order valence-corrected chi connectivity index (χ0v) is 18.8. The predicted molar refractivity (Wildman–Crippen MR) is 115 cm³/mol. The highest BCUT2D eigenvalue weighted by molar-refractivity contribution is 6.31. The maximum Gasteiger partial charge on any atom is 0.322 e. The molecule has 4 amide bonds. The molecular formula is C22H27ClN4O4. The minimum absolute atomic E-state index is 0.0573. The maximum atomic E-state index is 13.5. The van der Waals surface area contributed by atoms with Gasteiger partial charge in [-0.15, -0.1) is 0 Å². The number of carbonyl (C=O) groups is 3. The van der Waals surface area contributed by atoms with E-state index in [-0.39, 0.29) is 36.6 Å². The summed E-state index contributed by atoms with van der Waals surface area (Å²) in [6.45, 7) is 6.78. The number of hydrogen-bond acceptors (Lipinski definition) is 4. The van der Waals surface area contributed by atoms with Crippen LogP contribution in [0.4, 0.5) is 4.79 Å². The monoisotopic (exact) mass is 446 g/mol. The van der Waals surface area contributed by atoms with Crippen LogP contribution in [0.5, 0.6) is 0 Å². The van der Waals surface area contributed by atoms with Crippen molar-refractivity contribution in [3.05, 3.63) is 46.1 Å². The third-order valence-corrected chi connectivity index (χ3v) is 6.50. The average Bonchev–Trinajstić information content (AvgIpc) is 3.07. The number of urea groups is 1. The van der Waals surface area contributed by atoms with E-state index in [9.17, 15) is 14.4 Å². The molecule has 1 saturated heterocycles. The number of hydrogen-bond donors (Lipinski definition) is 1. The fourth-order valence-electron chi connectivity index (χ4n) is 4.60. The van der Waals surface area contributed by atoms with E-state index in [0.717, 1.165) is 0 Å². The number of morpholine rings is 1. The van der Waals surface area contributed by atoms with Crippen molar-refractivity contribution >= 4 is 29.4 Å². The Hall–Kier alpha value is -2.58. The lowest BCUT2D eigenvalue weighted by Crippen LogP contribution is -2.54. The number of ether oxygens (including phenoxy) is 1. The molecule has 3 heterocycles. The van der Waals surface area contributed by atoms with Crippen molar-refractivity contribution < 1.29 is 19.1 Å². The first-order valence-electron chi connectivity index (χ1n) is 10.5. The van der Waals surface area contributed by atoms with Gasteiger partial charge in [-0.1, -0.05) is 29.8 Å². The third kappa shape index (κ3) is 3.78. The molecule has 4 rings (SSSR count). The zero-order valence-electron chi connectivity index (χ0n) is 18.1. The Kier molecular flexibility index (Phi) is 5.70. The van der Waals surface area contributed by atoms with Crippen molar-refractivity contribution in [1.82, 2.24) is 20.0 Å². The Bertz CT molecular complexity index is 955. The molecule has 31 heavy (non-hydrogen) atoms. The highest BCUT2D eigenvalue weighted by atomic mass is 35.5. The number of likely N-dealkylation sites (N-methyl/N-ethyl adjacent to an activating group) is 1. The van der Waals surface area contributed by atoms with Crippen LogP contribution in [-0.4, -0.2) is 77.5 Å². The molecule has 8 nitrogen and oxygen atoms in total. The van der Waals surface area contributed by atoms with Gasteiger partial charge in [-0.05, 0) is 32.4 Å². The number of halogens is 1. The molecule has 0 spiro atoms. The summed E-state index contributed by atoms with van der Waals surface area (Å²) in [6.07, 6.45) is -0.115. The molecule has 1 aromatic carbocycles. The van der Waals surface area contributed by atoms with Crippen molar-refractivity contribution in [3.8, 4) is 0 Å². The second-order valence-electron chi connectivity index (χ2n) is 8.43. The number of nitrogens with one attached hydrogen (secondary N) is 1. The minimum Gasteiger partial charge on any atom is -0.372 e. The van der Waals surface area contributed by atoms with Gasteiger partial charge in [0.2, 0.25) is 5.91 Å². The first-order chi connectivity index (χ1) is 14.7. The summed E-state index contributed by atoms with van der Waals surface area (Å²) in [5, 5.41) is 3.34. The van der Waals surface area contributed by atoms with E-state index in [1.54, 1.807) is 42.0 Å². The van der Waals surface area contributed by atoms with Crippen LogP contribution in [0.1, 0.15) is 32.4 Å². The summed E-state index contributed by atoms with van der Waals surface area (Å²) in [4.78, 5) is 44.0. The van der Waals surface area contributed by atoms with Crippen LogP contribution < -0.4 is 5.32 Å². The second kappa shape index (κ2) is 8.16. The van der Waals surface area contributed by atoms with Gasteiger partial charge in [-0.25, -0.2) is 4.79 Å². The Morgan fingerprint density at radius 1 is 1.19 bits per heavy atom. The maximum absolute atomic E-state index is 13.5. The van der Waals surface area contributed by atoms with Crippen LogP contribution in [0.25, 0.3) is 0 Å². The standard InChI is InChI=1S/C22H27ClN4O4/c1-12-9-26(10-13(2)31-12)20(28)14(3)27-11-17-18(21(27)29)19(24-22(30)25(17)4)15-7-5-6-8-16(15)23/h5-8,12-14,19H,9-11H2,1-4H3,(H,24,30)/t12-,13+,14-,19+/m0/s1. The van der Waals surface area contributed by atoms with Crippen LogP contribution in [0.2, 0.25) is 5.02 Å². The molecule has 3 aliphatic heterocycles. The van der Waals surface area contributed by atoms with Crippen molar-refractivity contribution in [2.24, 2.45) is 0 Å². The Labute approximate surface area is 186 Å². The molecule has 0 radical (unpaired) electrons. The lowest BCUT2D eigenvalue weighted by molar-refractivity contribution is -0.151. The highest BCUT2D eigenvalue weighted by Crippen LogP contribution is 2.38. The highest BCUT2D eigenvalue weighted by Gasteiger charge is 2.46. The van der Waals surface area contributed by atoms with Crippen LogP contribution in [0.15, 0.2) is 35.5 Å². The number of carbonyl (C=O) groups excluding carboxylic acids is 3. The van der Waals surface area contributed by atoms with E-state index in [1.165, 1.54) is 4.90 Å². The lowest BCUT2D eigenvalue weighted by atomic mass is 9.95. The summed E-state index contributed by atoms with van der Waals surface area (Å²) < 4.78 is 5.72. The molecular weight excluding hydrogens is 420 g/mol. The van der Waals surface area contributed by atoms with Gasteiger partial charge in [0.1, 0.15) is 6.04 Å². The number of nitrogens with zero attached hydrogens (tertiary/aromatic N) is 3. The fourth-order valence-corrected chi connectivity index (χ4v) is 4.84. The van der Waals surface area contributed by atoms with Gasteiger partial charge in [0.15, 0.2) is 0 Å². The third-order valence-electron chi connectivity index (χ3n) is 6.16. The predicted octanol–water partition coefficient (Wildman–Crippen LogP) is 2.16. The van der Waals surface area contributed by atoms with Gasteiger partial charge < -0.3 is 19.9 Å². The number of rotatable bonds is 3. The van der Waals surface area contributed by atoms with Crippen LogP contribution in [-0.2, 0) is 14.3 Å². The SMILES string of the molecule is C[C@@H]1CN(C(=O)[C@H](C)N2CC3=C(C2=O)[C@@H](c2ccccc2Cl)NC(=O)N3C)C[C@H](C)O1. The fraction of sp³-hybridized carbons (Fsp3) is 0.500. The quantitative estimate of drug-likeness (QED) is 0.771. The summed E-state index contributed by atoms with van der Waals surface area (Å²) >= 11 is 6.37. The molecule has 0 aliphatic carbocycles. The van der Waals surface area contributed by atoms with E-state index in [4.69, 9.17) is 16.3 Å². The van der Waals surface area contributed by atoms with Gasteiger partial charge in [0.25, 0.3) is 5.91 Å². The first kappa shape index (κ1) is 21.6. The second-order valence-corrected chi connectivity index (χ2v) is 8.84. The summed E-state index contributed by atoms with van der Waals surface area (Å²) in [5.74, 6) is -0.381. The normalized spacial score (nSPS) is 27.4. The van der Waals surface area contributed by atoms with Crippen LogP contribution in [0.3, 0.4) is 0 Å². The summed E-state index contributed by atoms with van der Waals surface area (Å²) in [7, 11) is 1.63. The van der Waals surface area contributed by atoms with Crippen molar-refractivity contribution in [3.63, 3.8) is 0 Å². The zero-order chi connectivity index (χ0) is 22.4. The minimum atomic E-state index is -0.661. The smallest absolute Gasteiger partial charge is 0.322 e. The molecule has 1 fully saturated rings. The molecule has 1 aromatic rings. The van der Waals surface area contributed by atoms with E-state index in [2.05, 4.69) is 5.32 Å². The number of amides is 4. The molecule has 0 unspecified atom stereocenters. The summed E-state index contributed by atoms with van der Waals surface area (Å²) in [6, 6.07) is 5.51. The summed E-state index contributed by atoms with van der Waals surface area (Å²) in [5.41, 5.74) is 1.71. The van der Waals surface area contributed by atoms with E-state index in [0.29, 0.717) is 34.9 Å². The largest absolute Gasteiger partial charge is 0.372 e. The molecule has 3 aliphatic rings. The van der Waals surface area contributed by atoms with Gasteiger partial charge >= 0.3 is 6.03 Å². The van der Waals surface area contributed by atoms with Gasteiger partial charge in [0.05, 0.1) is 36.1 Å². The van der Waals surface area contributed by atoms with Gasteiger partial charge in [0, 0.05) is 25.2 Å². The lowest BCUT2D eigenvalue weighted by Gasteiger charge is -2.38.